The topological polar surface area (TPSA) is 108 Å². The Morgan fingerprint density at radius 2 is 1.82 bits per heavy atom. The summed E-state index contributed by atoms with van der Waals surface area (Å²) in [5, 5.41) is 0.919. The predicted molar refractivity (Wildman–Crippen MR) is 171 cm³/mol. The molecule has 0 bridgehead atoms. The average Bonchev–Trinajstić information content (AvgIpc) is 3.39. The van der Waals surface area contributed by atoms with Crippen LogP contribution in [0.4, 0.5) is 0 Å². The molecule has 0 radical (unpaired) electrons. The Labute approximate surface area is 261 Å². The zero-order chi connectivity index (χ0) is 31.2. The minimum Gasteiger partial charge on any atom is -0.458 e. The summed E-state index contributed by atoms with van der Waals surface area (Å²) in [5.41, 5.74) is 3.19. The zero-order valence-corrected chi connectivity index (χ0v) is 26.8. The highest BCUT2D eigenvalue weighted by Crippen LogP contribution is 2.42. The van der Waals surface area contributed by atoms with Crippen molar-refractivity contribution in [1.29, 1.82) is 0 Å². The van der Waals surface area contributed by atoms with Crippen LogP contribution in [-0.2, 0) is 49.5 Å². The van der Waals surface area contributed by atoms with Crippen molar-refractivity contribution in [3.05, 3.63) is 93.3 Å². The van der Waals surface area contributed by atoms with Gasteiger partial charge in [-0.15, -0.1) is 11.8 Å². The van der Waals surface area contributed by atoms with Crippen molar-refractivity contribution in [1.82, 2.24) is 13.9 Å². The van der Waals surface area contributed by atoms with Gasteiger partial charge in [0.2, 0.25) is 10.0 Å². The minimum atomic E-state index is -3.74. The Hall–Kier alpha value is -3.51. The molecule has 9 nitrogen and oxygen atoms in total. The first-order valence-corrected chi connectivity index (χ1v) is 17.5. The fourth-order valence-corrected chi connectivity index (χ4v) is 8.37. The number of nitrogens with zero attached hydrogens (tertiary/aromatic N) is 3. The Morgan fingerprint density at radius 3 is 2.52 bits per heavy atom. The molecule has 230 valence electrons. The molecule has 0 spiro atoms. The summed E-state index contributed by atoms with van der Waals surface area (Å²) in [4.78, 5) is 32.4. The number of thioether (sulfide) groups is 1. The first-order chi connectivity index (χ1) is 21.1. The second-order valence-corrected chi connectivity index (χ2v) is 14.0. The van der Waals surface area contributed by atoms with Gasteiger partial charge in [0.05, 0.1) is 39.8 Å². The van der Waals surface area contributed by atoms with Gasteiger partial charge in [0.15, 0.2) is 5.60 Å². The van der Waals surface area contributed by atoms with E-state index in [1.807, 2.05) is 57.4 Å². The number of carbonyl (C=O) groups is 1. The molecule has 2 aromatic heterocycles. The molecule has 0 saturated heterocycles. The number of benzene rings is 2. The largest absolute Gasteiger partial charge is 0.458 e. The SMILES string of the molecule is CC[C@@]1(OCSC)C(=O)OCc2c1cc1n(c2=O)Cc2c-1nc1ccccc1c2CCN(C(C)C)S(=O)(=O)c1ccccc1. The Kier molecular flexibility index (Phi) is 8.17. The normalized spacial score (nSPS) is 17.5. The van der Waals surface area contributed by atoms with Gasteiger partial charge in [-0.2, -0.15) is 4.31 Å². The van der Waals surface area contributed by atoms with E-state index < -0.39 is 21.6 Å². The second-order valence-electron chi connectivity index (χ2n) is 11.3. The highest BCUT2D eigenvalue weighted by molar-refractivity contribution is 7.98. The van der Waals surface area contributed by atoms with Gasteiger partial charge in [-0.25, -0.2) is 18.2 Å². The minimum absolute atomic E-state index is 0.114. The molecule has 0 aliphatic carbocycles. The van der Waals surface area contributed by atoms with E-state index in [1.165, 1.54) is 16.1 Å². The quantitative estimate of drug-likeness (QED) is 0.155. The third-order valence-electron chi connectivity index (χ3n) is 8.61. The van der Waals surface area contributed by atoms with Crippen molar-refractivity contribution in [3.8, 4) is 11.4 Å². The number of hydrogen-bond acceptors (Lipinski definition) is 8. The molecule has 1 atom stereocenters. The lowest BCUT2D eigenvalue weighted by Gasteiger charge is -2.36. The Morgan fingerprint density at radius 1 is 1.09 bits per heavy atom. The molecule has 11 heteroatoms. The van der Waals surface area contributed by atoms with Crippen LogP contribution in [0, 0.1) is 0 Å². The number of para-hydroxylation sites is 1. The van der Waals surface area contributed by atoms with E-state index in [4.69, 9.17) is 14.5 Å². The van der Waals surface area contributed by atoms with Gasteiger partial charge < -0.3 is 14.0 Å². The smallest absolute Gasteiger partial charge is 0.343 e. The molecule has 2 aliphatic heterocycles. The van der Waals surface area contributed by atoms with Crippen molar-refractivity contribution in [3.63, 3.8) is 0 Å². The van der Waals surface area contributed by atoms with E-state index in [0.717, 1.165) is 22.0 Å². The Balaban J connectivity index is 1.48. The first kappa shape index (κ1) is 30.5. The lowest BCUT2D eigenvalue weighted by atomic mass is 9.85. The standard InChI is InChI=1S/C33H35N3O6S2/c1-5-33(42-20-43-4)27-17-29-30-25(18-35(29)31(37)26(27)19-41-32(33)38)23(24-13-9-10-14-28(24)34-30)15-16-36(21(2)3)44(39,40)22-11-7-6-8-12-22/h6-14,17,21H,5,15-16,18-20H2,1-4H3/t33-/m0/s1. The van der Waals surface area contributed by atoms with E-state index in [2.05, 4.69) is 0 Å². The third-order valence-corrected chi connectivity index (χ3v) is 11.1. The van der Waals surface area contributed by atoms with Crippen LogP contribution < -0.4 is 5.56 Å². The fraction of sp³-hybridized carbons (Fsp3) is 0.364. The summed E-state index contributed by atoms with van der Waals surface area (Å²) < 4.78 is 42.2. The number of aromatic nitrogens is 2. The number of sulfonamides is 1. The number of carbonyl (C=O) groups excluding carboxylic acids is 1. The van der Waals surface area contributed by atoms with Crippen molar-refractivity contribution >= 4 is 38.7 Å². The summed E-state index contributed by atoms with van der Waals surface area (Å²) in [6, 6.07) is 17.8. The fourth-order valence-electron chi connectivity index (χ4n) is 6.39. The molecule has 4 heterocycles. The number of hydrogen-bond donors (Lipinski definition) is 0. The lowest BCUT2D eigenvalue weighted by Crippen LogP contribution is -2.46. The van der Waals surface area contributed by atoms with Gasteiger partial charge in [0.25, 0.3) is 5.56 Å². The number of ether oxygens (including phenoxy) is 2. The van der Waals surface area contributed by atoms with Crippen LogP contribution in [0.3, 0.4) is 0 Å². The van der Waals surface area contributed by atoms with Crippen LogP contribution >= 0.6 is 11.8 Å². The molecule has 0 saturated carbocycles. The molecule has 6 rings (SSSR count). The third kappa shape index (κ3) is 4.86. The van der Waals surface area contributed by atoms with Crippen molar-refractivity contribution in [2.24, 2.45) is 0 Å². The molecule has 0 fully saturated rings. The summed E-state index contributed by atoms with van der Waals surface area (Å²) in [6.07, 6.45) is 2.62. The van der Waals surface area contributed by atoms with Gasteiger partial charge in [-0.05, 0) is 62.8 Å². The highest BCUT2D eigenvalue weighted by atomic mass is 32.2. The molecule has 0 N–H and O–H groups in total. The van der Waals surface area contributed by atoms with E-state index in [-0.39, 0.29) is 42.1 Å². The molecular weight excluding hydrogens is 599 g/mol. The molecular formula is C33H35N3O6S2. The summed E-state index contributed by atoms with van der Waals surface area (Å²) >= 11 is 1.44. The second kappa shape index (κ2) is 11.8. The summed E-state index contributed by atoms with van der Waals surface area (Å²) in [7, 11) is -3.74. The number of cyclic esters (lactones) is 1. The number of pyridine rings is 2. The average molecular weight is 634 g/mol. The van der Waals surface area contributed by atoms with Gasteiger partial charge in [-0.3, -0.25) is 4.79 Å². The summed E-state index contributed by atoms with van der Waals surface area (Å²) in [6.45, 7) is 6.02. The maximum absolute atomic E-state index is 14.0. The van der Waals surface area contributed by atoms with Gasteiger partial charge in [-0.1, -0.05) is 43.3 Å². The van der Waals surface area contributed by atoms with E-state index in [1.54, 1.807) is 34.9 Å². The maximum Gasteiger partial charge on any atom is 0.343 e. The Bertz CT molecular complexity index is 1920. The molecule has 2 aliphatic rings. The van der Waals surface area contributed by atoms with Crippen LogP contribution in [0.2, 0.25) is 0 Å². The predicted octanol–water partition coefficient (Wildman–Crippen LogP) is 5.07. The van der Waals surface area contributed by atoms with Gasteiger partial charge in [0, 0.05) is 29.1 Å². The maximum atomic E-state index is 14.0. The van der Waals surface area contributed by atoms with E-state index in [0.29, 0.717) is 35.4 Å². The molecule has 44 heavy (non-hydrogen) atoms. The van der Waals surface area contributed by atoms with E-state index >= 15 is 0 Å². The highest BCUT2D eigenvalue weighted by Gasteiger charge is 2.48. The summed E-state index contributed by atoms with van der Waals surface area (Å²) in [5.74, 6) is -0.229. The molecule has 0 amide bonds. The van der Waals surface area contributed by atoms with Crippen LogP contribution in [0.15, 0.2) is 70.4 Å². The van der Waals surface area contributed by atoms with Crippen LogP contribution in [0.5, 0.6) is 0 Å². The van der Waals surface area contributed by atoms with Crippen LogP contribution in [-0.4, -0.2) is 53.0 Å². The molecule has 2 aromatic carbocycles. The monoisotopic (exact) mass is 633 g/mol. The number of fused-ring (bicyclic) bond motifs is 5. The number of esters is 1. The first-order valence-electron chi connectivity index (χ1n) is 14.7. The van der Waals surface area contributed by atoms with Crippen molar-refractivity contribution < 1.29 is 22.7 Å². The zero-order valence-electron chi connectivity index (χ0n) is 25.2. The van der Waals surface area contributed by atoms with Gasteiger partial charge >= 0.3 is 5.97 Å². The van der Waals surface area contributed by atoms with Crippen molar-refractivity contribution in [2.45, 2.75) is 63.3 Å². The lowest BCUT2D eigenvalue weighted by molar-refractivity contribution is -0.177. The van der Waals surface area contributed by atoms with Gasteiger partial charge in [0.1, 0.15) is 6.61 Å². The van der Waals surface area contributed by atoms with Crippen molar-refractivity contribution in [2.75, 3.05) is 18.7 Å². The van der Waals surface area contributed by atoms with E-state index in [9.17, 15) is 18.0 Å². The molecule has 0 unspecified atom stereocenters. The van der Waals surface area contributed by atoms with Crippen LogP contribution in [0.1, 0.15) is 49.4 Å². The van der Waals surface area contributed by atoms with Crippen LogP contribution in [0.25, 0.3) is 22.3 Å². The molecule has 4 aromatic rings. The number of rotatable bonds is 10.